The zero-order valence-electron chi connectivity index (χ0n) is 18.1. The van der Waals surface area contributed by atoms with Gasteiger partial charge in [0.25, 0.3) is 5.91 Å². The van der Waals surface area contributed by atoms with Crippen molar-refractivity contribution in [3.05, 3.63) is 84.4 Å². The van der Waals surface area contributed by atoms with E-state index in [4.69, 9.17) is 14.2 Å². The van der Waals surface area contributed by atoms with Gasteiger partial charge in [-0.1, -0.05) is 42.1 Å². The quantitative estimate of drug-likeness (QED) is 0.440. The second kappa shape index (κ2) is 11.5. The Kier molecular flexibility index (Phi) is 8.00. The van der Waals surface area contributed by atoms with Gasteiger partial charge in [-0.25, -0.2) is 4.79 Å². The molecule has 3 aromatic carbocycles. The van der Waals surface area contributed by atoms with Crippen molar-refractivity contribution in [2.75, 3.05) is 25.1 Å². The standard InChI is InChI=1S/C26H25NO5S/c28-25(27-23-10-4-5-11-24(23)33-22-8-2-1-3-9-22)18-32-26(29)19-12-14-20(15-13-19)31-17-21-7-6-16-30-21/h1-5,8-15,21H,6-7,16-18H2,(H,27,28)/t21-/m1/s1. The molecule has 1 atom stereocenters. The summed E-state index contributed by atoms with van der Waals surface area (Å²) >= 11 is 1.55. The average Bonchev–Trinajstić information content (AvgIpc) is 3.37. The summed E-state index contributed by atoms with van der Waals surface area (Å²) in [5.74, 6) is -0.309. The van der Waals surface area contributed by atoms with Gasteiger partial charge in [-0.3, -0.25) is 4.79 Å². The highest BCUT2D eigenvalue weighted by atomic mass is 32.2. The van der Waals surface area contributed by atoms with Crippen LogP contribution >= 0.6 is 11.8 Å². The second-order valence-corrected chi connectivity index (χ2v) is 8.62. The third-order valence-corrected chi connectivity index (χ3v) is 6.10. The number of rotatable bonds is 9. The molecule has 0 bridgehead atoms. The van der Waals surface area contributed by atoms with E-state index in [-0.39, 0.29) is 12.7 Å². The second-order valence-electron chi connectivity index (χ2n) is 7.51. The van der Waals surface area contributed by atoms with Crippen molar-refractivity contribution >= 4 is 29.3 Å². The van der Waals surface area contributed by atoms with E-state index in [1.165, 1.54) is 0 Å². The number of esters is 1. The lowest BCUT2D eigenvalue weighted by atomic mass is 10.2. The predicted molar refractivity (Wildman–Crippen MR) is 127 cm³/mol. The molecule has 1 aliphatic heterocycles. The number of carbonyl (C=O) groups excluding carboxylic acids is 2. The predicted octanol–water partition coefficient (Wildman–Crippen LogP) is 5.19. The van der Waals surface area contributed by atoms with E-state index in [9.17, 15) is 9.59 Å². The molecule has 3 aromatic rings. The van der Waals surface area contributed by atoms with Gasteiger partial charge in [0.05, 0.1) is 17.4 Å². The number of para-hydroxylation sites is 1. The van der Waals surface area contributed by atoms with Gasteiger partial charge in [0, 0.05) is 16.4 Å². The molecule has 0 saturated carbocycles. The van der Waals surface area contributed by atoms with Crippen molar-refractivity contribution in [1.29, 1.82) is 0 Å². The van der Waals surface area contributed by atoms with Crippen molar-refractivity contribution in [1.82, 2.24) is 0 Å². The van der Waals surface area contributed by atoms with Crippen molar-refractivity contribution < 1.29 is 23.8 Å². The lowest BCUT2D eigenvalue weighted by Crippen LogP contribution is -2.21. The van der Waals surface area contributed by atoms with Crippen molar-refractivity contribution in [3.8, 4) is 5.75 Å². The molecule has 1 heterocycles. The van der Waals surface area contributed by atoms with Gasteiger partial charge < -0.3 is 19.5 Å². The van der Waals surface area contributed by atoms with Gasteiger partial charge in [0.1, 0.15) is 12.4 Å². The first kappa shape index (κ1) is 22.9. The molecule has 1 amide bonds. The van der Waals surface area contributed by atoms with Crippen LogP contribution < -0.4 is 10.1 Å². The lowest BCUT2D eigenvalue weighted by molar-refractivity contribution is -0.119. The third-order valence-electron chi connectivity index (χ3n) is 5.02. The van der Waals surface area contributed by atoms with Crippen LogP contribution in [0.2, 0.25) is 0 Å². The summed E-state index contributed by atoms with van der Waals surface area (Å²) in [6.07, 6.45) is 2.19. The van der Waals surface area contributed by atoms with Gasteiger partial charge in [-0.05, 0) is 61.4 Å². The molecule has 0 aromatic heterocycles. The van der Waals surface area contributed by atoms with Crippen LogP contribution in [0.3, 0.4) is 0 Å². The number of hydrogen-bond acceptors (Lipinski definition) is 6. The lowest BCUT2D eigenvalue weighted by Gasteiger charge is -2.12. The molecule has 1 saturated heterocycles. The summed E-state index contributed by atoms with van der Waals surface area (Å²) < 4.78 is 16.4. The molecule has 170 valence electrons. The summed E-state index contributed by atoms with van der Waals surface area (Å²) in [6.45, 7) is 0.901. The highest BCUT2D eigenvalue weighted by Gasteiger charge is 2.16. The van der Waals surface area contributed by atoms with Gasteiger partial charge >= 0.3 is 5.97 Å². The van der Waals surface area contributed by atoms with E-state index < -0.39 is 11.9 Å². The zero-order chi connectivity index (χ0) is 22.9. The maximum absolute atomic E-state index is 12.4. The van der Waals surface area contributed by atoms with Crippen LogP contribution in [0, 0.1) is 0 Å². The number of nitrogens with one attached hydrogen (secondary N) is 1. The maximum atomic E-state index is 12.4. The number of carbonyl (C=O) groups is 2. The SMILES string of the molecule is O=C(COC(=O)c1ccc(OC[C@H]2CCCO2)cc1)Nc1ccccc1Sc1ccccc1. The van der Waals surface area contributed by atoms with Crippen molar-refractivity contribution in [2.24, 2.45) is 0 Å². The fourth-order valence-corrected chi connectivity index (χ4v) is 4.25. The van der Waals surface area contributed by atoms with Gasteiger partial charge in [-0.15, -0.1) is 0 Å². The highest BCUT2D eigenvalue weighted by Crippen LogP contribution is 2.33. The number of hydrogen-bond donors (Lipinski definition) is 1. The Morgan fingerprint density at radius 2 is 1.73 bits per heavy atom. The van der Waals surface area contributed by atoms with Crippen molar-refractivity contribution in [3.63, 3.8) is 0 Å². The Bertz CT molecular complexity index is 1070. The number of anilines is 1. The van der Waals surface area contributed by atoms with Crippen LogP contribution in [0.15, 0.2) is 88.7 Å². The van der Waals surface area contributed by atoms with Crippen LogP contribution in [0.25, 0.3) is 0 Å². The molecule has 0 aliphatic carbocycles. The van der Waals surface area contributed by atoms with E-state index >= 15 is 0 Å². The van der Waals surface area contributed by atoms with E-state index in [0.29, 0.717) is 23.6 Å². The van der Waals surface area contributed by atoms with E-state index in [1.54, 1.807) is 36.0 Å². The summed E-state index contributed by atoms with van der Waals surface area (Å²) in [7, 11) is 0. The molecule has 1 fully saturated rings. The highest BCUT2D eigenvalue weighted by molar-refractivity contribution is 7.99. The topological polar surface area (TPSA) is 73.9 Å². The Labute approximate surface area is 197 Å². The van der Waals surface area contributed by atoms with Gasteiger partial charge in [0.15, 0.2) is 6.61 Å². The minimum Gasteiger partial charge on any atom is -0.491 e. The Morgan fingerprint density at radius 3 is 2.48 bits per heavy atom. The minimum atomic E-state index is -0.567. The van der Waals surface area contributed by atoms with E-state index in [1.807, 2.05) is 54.6 Å². The number of ether oxygens (including phenoxy) is 3. The number of benzene rings is 3. The molecule has 33 heavy (non-hydrogen) atoms. The summed E-state index contributed by atoms with van der Waals surface area (Å²) in [4.78, 5) is 26.7. The molecule has 0 unspecified atom stereocenters. The van der Waals surface area contributed by atoms with Gasteiger partial charge in [0.2, 0.25) is 0 Å². The monoisotopic (exact) mass is 463 g/mol. The van der Waals surface area contributed by atoms with Crippen LogP contribution in [-0.4, -0.2) is 37.8 Å². The normalized spacial score (nSPS) is 15.1. The van der Waals surface area contributed by atoms with Crippen LogP contribution in [0.1, 0.15) is 23.2 Å². The zero-order valence-corrected chi connectivity index (χ0v) is 18.9. The van der Waals surface area contributed by atoms with E-state index in [0.717, 1.165) is 29.2 Å². The molecular weight excluding hydrogens is 438 g/mol. The number of amides is 1. The molecule has 1 aliphatic rings. The largest absolute Gasteiger partial charge is 0.491 e. The van der Waals surface area contributed by atoms with E-state index in [2.05, 4.69) is 5.32 Å². The van der Waals surface area contributed by atoms with Crippen molar-refractivity contribution in [2.45, 2.75) is 28.7 Å². The fraction of sp³-hybridized carbons (Fsp3) is 0.231. The first-order valence-electron chi connectivity index (χ1n) is 10.8. The van der Waals surface area contributed by atoms with Gasteiger partial charge in [-0.2, -0.15) is 0 Å². The van der Waals surface area contributed by atoms with Crippen LogP contribution in [0.5, 0.6) is 5.75 Å². The van der Waals surface area contributed by atoms with Crippen LogP contribution in [-0.2, 0) is 14.3 Å². The molecule has 0 spiro atoms. The molecule has 7 heteroatoms. The summed E-state index contributed by atoms with van der Waals surface area (Å²) in [5, 5.41) is 2.82. The Hall–Kier alpha value is -3.29. The first-order chi connectivity index (χ1) is 16.2. The molecule has 0 radical (unpaired) electrons. The maximum Gasteiger partial charge on any atom is 0.338 e. The minimum absolute atomic E-state index is 0.129. The molecule has 4 rings (SSSR count). The summed E-state index contributed by atoms with van der Waals surface area (Å²) in [6, 6.07) is 24.1. The fourth-order valence-electron chi connectivity index (χ4n) is 3.33. The summed E-state index contributed by atoms with van der Waals surface area (Å²) in [5.41, 5.74) is 1.02. The smallest absolute Gasteiger partial charge is 0.338 e. The Morgan fingerprint density at radius 1 is 0.970 bits per heavy atom. The molecular formula is C26H25NO5S. The average molecular weight is 464 g/mol. The first-order valence-corrected chi connectivity index (χ1v) is 11.6. The van der Waals surface area contributed by atoms with Crippen LogP contribution in [0.4, 0.5) is 5.69 Å². The Balaban J connectivity index is 1.26. The molecule has 6 nitrogen and oxygen atoms in total. The molecule has 1 N–H and O–H groups in total. The third kappa shape index (κ3) is 6.84.